The van der Waals surface area contributed by atoms with E-state index in [9.17, 15) is 4.39 Å². The molecule has 100 valence electrons. The van der Waals surface area contributed by atoms with Gasteiger partial charge in [-0.25, -0.2) is 4.39 Å². The maximum absolute atomic E-state index is 13.2. The van der Waals surface area contributed by atoms with Gasteiger partial charge in [-0.3, -0.25) is 4.98 Å². The van der Waals surface area contributed by atoms with Gasteiger partial charge in [0.1, 0.15) is 11.6 Å². The van der Waals surface area contributed by atoms with E-state index in [1.807, 2.05) is 26.0 Å². The zero-order valence-electron chi connectivity index (χ0n) is 11.3. The molecule has 4 heteroatoms. The van der Waals surface area contributed by atoms with E-state index in [0.717, 1.165) is 22.9 Å². The first-order chi connectivity index (χ1) is 9.02. The van der Waals surface area contributed by atoms with E-state index < -0.39 is 11.9 Å². The van der Waals surface area contributed by atoms with Crippen LogP contribution in [0.4, 0.5) is 4.39 Å². The lowest BCUT2D eigenvalue weighted by atomic mass is 9.94. The van der Waals surface area contributed by atoms with Crippen molar-refractivity contribution in [1.29, 1.82) is 0 Å². The Balaban J connectivity index is 2.52. The highest BCUT2D eigenvalue weighted by atomic mass is 19.1. The molecule has 0 amide bonds. The Morgan fingerprint density at radius 2 is 1.95 bits per heavy atom. The lowest BCUT2D eigenvalue weighted by molar-refractivity contribution is 0.407. The predicted molar refractivity (Wildman–Crippen MR) is 72.7 cm³/mol. The number of hydrogen-bond acceptors (Lipinski definition) is 3. The summed E-state index contributed by atoms with van der Waals surface area (Å²) in [4.78, 5) is 3.84. The molecule has 0 bridgehead atoms. The fourth-order valence-corrected chi connectivity index (χ4v) is 2.27. The third-order valence-corrected chi connectivity index (χ3v) is 3.11. The van der Waals surface area contributed by atoms with Crippen LogP contribution in [0.2, 0.25) is 0 Å². The first-order valence-corrected chi connectivity index (χ1v) is 6.04. The standard InChI is InChI=1S/C15H17FN2O/c1-9-4-10(2)14(13(5-9)19-3)15(17)11-6-12(16)8-18-7-11/h4-8,15H,17H2,1-3H3. The molecule has 1 aromatic heterocycles. The van der Waals surface area contributed by atoms with Gasteiger partial charge >= 0.3 is 0 Å². The van der Waals surface area contributed by atoms with Gasteiger partial charge < -0.3 is 10.5 Å². The fourth-order valence-electron chi connectivity index (χ4n) is 2.27. The largest absolute Gasteiger partial charge is 0.496 e. The van der Waals surface area contributed by atoms with Gasteiger partial charge in [0.25, 0.3) is 0 Å². The topological polar surface area (TPSA) is 48.1 Å². The molecule has 0 aliphatic rings. The molecular weight excluding hydrogens is 243 g/mol. The van der Waals surface area contributed by atoms with E-state index in [1.54, 1.807) is 13.3 Å². The Morgan fingerprint density at radius 1 is 1.21 bits per heavy atom. The predicted octanol–water partition coefficient (Wildman–Crippen LogP) is 2.89. The Labute approximate surface area is 112 Å². The molecule has 0 aliphatic heterocycles. The summed E-state index contributed by atoms with van der Waals surface area (Å²) in [7, 11) is 1.61. The van der Waals surface area contributed by atoms with Crippen molar-refractivity contribution in [3.63, 3.8) is 0 Å². The lowest BCUT2D eigenvalue weighted by Gasteiger charge is -2.19. The average Bonchev–Trinajstić information content (AvgIpc) is 2.37. The molecule has 0 spiro atoms. The van der Waals surface area contributed by atoms with Gasteiger partial charge in [-0.1, -0.05) is 6.07 Å². The van der Waals surface area contributed by atoms with Crippen LogP contribution in [0, 0.1) is 19.7 Å². The van der Waals surface area contributed by atoms with Gasteiger partial charge in [0, 0.05) is 11.8 Å². The SMILES string of the molecule is COc1cc(C)cc(C)c1C(N)c1cncc(F)c1. The molecule has 1 heterocycles. The average molecular weight is 260 g/mol. The van der Waals surface area contributed by atoms with Gasteiger partial charge in [0.15, 0.2) is 0 Å². The van der Waals surface area contributed by atoms with E-state index in [2.05, 4.69) is 4.98 Å². The van der Waals surface area contributed by atoms with Crippen molar-refractivity contribution >= 4 is 0 Å². The quantitative estimate of drug-likeness (QED) is 0.923. The number of methoxy groups -OCH3 is 1. The summed E-state index contributed by atoms with van der Waals surface area (Å²) in [6.45, 7) is 3.96. The van der Waals surface area contributed by atoms with Crippen LogP contribution >= 0.6 is 0 Å². The zero-order chi connectivity index (χ0) is 14.0. The van der Waals surface area contributed by atoms with Crippen molar-refractivity contribution in [3.8, 4) is 5.75 Å². The highest BCUT2D eigenvalue weighted by molar-refractivity contribution is 5.48. The minimum absolute atomic E-state index is 0.392. The Kier molecular flexibility index (Phi) is 3.81. The number of ether oxygens (including phenoxy) is 1. The van der Waals surface area contributed by atoms with Crippen LogP contribution in [-0.2, 0) is 0 Å². The highest BCUT2D eigenvalue weighted by Gasteiger charge is 2.18. The second kappa shape index (κ2) is 5.36. The summed E-state index contributed by atoms with van der Waals surface area (Å²) >= 11 is 0. The van der Waals surface area contributed by atoms with Crippen molar-refractivity contribution in [2.75, 3.05) is 7.11 Å². The third kappa shape index (κ3) is 2.74. The monoisotopic (exact) mass is 260 g/mol. The summed E-state index contributed by atoms with van der Waals surface area (Å²) < 4.78 is 18.6. The third-order valence-electron chi connectivity index (χ3n) is 3.11. The number of aromatic nitrogens is 1. The van der Waals surface area contributed by atoms with Gasteiger partial charge in [0.2, 0.25) is 0 Å². The summed E-state index contributed by atoms with van der Waals surface area (Å²) in [5.41, 5.74) is 9.84. The maximum Gasteiger partial charge on any atom is 0.141 e. The van der Waals surface area contributed by atoms with Gasteiger partial charge in [-0.2, -0.15) is 0 Å². The lowest BCUT2D eigenvalue weighted by Crippen LogP contribution is -2.15. The van der Waals surface area contributed by atoms with Crippen LogP contribution in [0.3, 0.4) is 0 Å². The van der Waals surface area contributed by atoms with Crippen LogP contribution in [0.1, 0.15) is 28.3 Å². The summed E-state index contributed by atoms with van der Waals surface area (Å²) in [6, 6.07) is 4.90. The van der Waals surface area contributed by atoms with Crippen molar-refractivity contribution in [3.05, 3.63) is 58.7 Å². The molecule has 1 atom stereocenters. The molecule has 19 heavy (non-hydrogen) atoms. The van der Waals surface area contributed by atoms with Gasteiger partial charge in [-0.15, -0.1) is 0 Å². The molecule has 0 fully saturated rings. The number of nitrogens with zero attached hydrogens (tertiary/aromatic N) is 1. The first-order valence-electron chi connectivity index (χ1n) is 6.04. The Hall–Kier alpha value is -1.94. The molecule has 0 radical (unpaired) electrons. The van der Waals surface area contributed by atoms with E-state index in [0.29, 0.717) is 11.3 Å². The van der Waals surface area contributed by atoms with E-state index in [4.69, 9.17) is 10.5 Å². The highest BCUT2D eigenvalue weighted by Crippen LogP contribution is 2.32. The number of aryl methyl sites for hydroxylation is 2. The number of hydrogen-bond donors (Lipinski definition) is 1. The molecule has 2 N–H and O–H groups in total. The van der Waals surface area contributed by atoms with Crippen molar-refractivity contribution < 1.29 is 9.13 Å². The zero-order valence-corrected chi connectivity index (χ0v) is 11.3. The van der Waals surface area contributed by atoms with Gasteiger partial charge in [0.05, 0.1) is 19.3 Å². The molecule has 1 aromatic carbocycles. The van der Waals surface area contributed by atoms with Crippen LogP contribution < -0.4 is 10.5 Å². The Bertz CT molecular complexity index is 599. The molecular formula is C15H17FN2O. The van der Waals surface area contributed by atoms with Crippen molar-refractivity contribution in [2.24, 2.45) is 5.73 Å². The summed E-state index contributed by atoms with van der Waals surface area (Å²) in [6.07, 6.45) is 2.74. The molecule has 2 aromatic rings. The second-order valence-electron chi connectivity index (χ2n) is 4.61. The maximum atomic E-state index is 13.2. The van der Waals surface area contributed by atoms with Crippen LogP contribution in [0.15, 0.2) is 30.6 Å². The molecule has 0 aliphatic carbocycles. The molecule has 1 unspecified atom stereocenters. The van der Waals surface area contributed by atoms with E-state index >= 15 is 0 Å². The molecule has 3 nitrogen and oxygen atoms in total. The van der Waals surface area contributed by atoms with Crippen LogP contribution in [0.25, 0.3) is 0 Å². The normalized spacial score (nSPS) is 12.3. The van der Waals surface area contributed by atoms with Crippen molar-refractivity contribution in [1.82, 2.24) is 4.98 Å². The summed E-state index contributed by atoms with van der Waals surface area (Å²) in [5.74, 6) is 0.325. The fraction of sp³-hybridized carbons (Fsp3) is 0.267. The van der Waals surface area contributed by atoms with Crippen molar-refractivity contribution in [2.45, 2.75) is 19.9 Å². The number of nitrogens with two attached hydrogens (primary N) is 1. The number of halogens is 1. The number of pyridine rings is 1. The van der Waals surface area contributed by atoms with Crippen LogP contribution in [0.5, 0.6) is 5.75 Å². The second-order valence-corrected chi connectivity index (χ2v) is 4.61. The smallest absolute Gasteiger partial charge is 0.141 e. The minimum Gasteiger partial charge on any atom is -0.496 e. The number of rotatable bonds is 3. The Morgan fingerprint density at radius 3 is 2.58 bits per heavy atom. The minimum atomic E-state index is -0.459. The summed E-state index contributed by atoms with van der Waals surface area (Å²) in [5, 5.41) is 0. The molecule has 0 saturated carbocycles. The molecule has 2 rings (SSSR count). The molecule has 0 saturated heterocycles. The van der Waals surface area contributed by atoms with E-state index in [1.165, 1.54) is 6.07 Å². The van der Waals surface area contributed by atoms with Gasteiger partial charge in [-0.05, 0) is 42.7 Å². The van der Waals surface area contributed by atoms with E-state index in [-0.39, 0.29) is 0 Å². The number of benzene rings is 1. The first kappa shape index (κ1) is 13.5. The van der Waals surface area contributed by atoms with Crippen LogP contribution in [-0.4, -0.2) is 12.1 Å².